The van der Waals surface area contributed by atoms with E-state index in [0.29, 0.717) is 32.7 Å². The van der Waals surface area contributed by atoms with Crippen molar-refractivity contribution in [2.24, 2.45) is 0 Å². The van der Waals surface area contributed by atoms with Gasteiger partial charge in [-0.2, -0.15) is 22.0 Å². The van der Waals surface area contributed by atoms with E-state index in [4.69, 9.17) is 0 Å². The molecular formula is C17H17F5N4O. The molecule has 146 valence electrons. The van der Waals surface area contributed by atoms with Crippen molar-refractivity contribution in [2.75, 3.05) is 31.1 Å². The Morgan fingerprint density at radius 1 is 1.00 bits per heavy atom. The Hall–Kier alpha value is -2.49. The summed E-state index contributed by atoms with van der Waals surface area (Å²) in [5, 5.41) is 0. The van der Waals surface area contributed by atoms with Gasteiger partial charge in [0.1, 0.15) is 11.4 Å². The smallest absolute Gasteiger partial charge is 0.433 e. The minimum atomic E-state index is -4.50. The van der Waals surface area contributed by atoms with Gasteiger partial charge in [-0.05, 0) is 23.8 Å². The van der Waals surface area contributed by atoms with Crippen molar-refractivity contribution in [3.63, 3.8) is 0 Å². The first-order valence-electron chi connectivity index (χ1n) is 8.22. The van der Waals surface area contributed by atoms with Crippen molar-refractivity contribution >= 4 is 5.95 Å². The van der Waals surface area contributed by atoms with Gasteiger partial charge in [-0.1, -0.05) is 12.1 Å². The van der Waals surface area contributed by atoms with Crippen LogP contribution in [0.4, 0.5) is 27.9 Å². The minimum Gasteiger partial charge on any atom is -0.435 e. The summed E-state index contributed by atoms with van der Waals surface area (Å²) in [6.07, 6.45) is -3.39. The molecule has 1 aliphatic rings. The molecule has 0 unspecified atom stereocenters. The van der Waals surface area contributed by atoms with Gasteiger partial charge in [-0.3, -0.25) is 4.90 Å². The summed E-state index contributed by atoms with van der Waals surface area (Å²) in [5.74, 6) is 0.165. The molecule has 0 aliphatic carbocycles. The van der Waals surface area contributed by atoms with Crippen LogP contribution in [0, 0.1) is 0 Å². The van der Waals surface area contributed by atoms with Gasteiger partial charge in [0.15, 0.2) is 0 Å². The van der Waals surface area contributed by atoms with Gasteiger partial charge in [-0.15, -0.1) is 0 Å². The van der Waals surface area contributed by atoms with Crippen molar-refractivity contribution in [2.45, 2.75) is 19.3 Å². The second-order valence-corrected chi connectivity index (χ2v) is 6.03. The van der Waals surface area contributed by atoms with Gasteiger partial charge in [0, 0.05) is 38.9 Å². The summed E-state index contributed by atoms with van der Waals surface area (Å²) < 4.78 is 66.9. The van der Waals surface area contributed by atoms with Gasteiger partial charge in [0.2, 0.25) is 5.95 Å². The highest BCUT2D eigenvalue weighted by molar-refractivity contribution is 5.32. The van der Waals surface area contributed by atoms with Crippen LogP contribution in [0.15, 0.2) is 36.5 Å². The third kappa shape index (κ3) is 5.25. The zero-order chi connectivity index (χ0) is 19.4. The third-order valence-corrected chi connectivity index (χ3v) is 4.14. The average Bonchev–Trinajstić information content (AvgIpc) is 2.63. The van der Waals surface area contributed by atoms with Crippen LogP contribution in [0.3, 0.4) is 0 Å². The van der Waals surface area contributed by atoms with Gasteiger partial charge < -0.3 is 9.64 Å². The normalized spacial score (nSPS) is 16.0. The van der Waals surface area contributed by atoms with Gasteiger partial charge >= 0.3 is 12.8 Å². The molecular weight excluding hydrogens is 371 g/mol. The predicted octanol–water partition coefficient (Wildman–Crippen LogP) is 3.42. The van der Waals surface area contributed by atoms with Crippen LogP contribution in [0.1, 0.15) is 11.3 Å². The monoisotopic (exact) mass is 388 g/mol. The lowest BCUT2D eigenvalue weighted by Crippen LogP contribution is -2.46. The zero-order valence-corrected chi connectivity index (χ0v) is 14.2. The SMILES string of the molecule is FC(F)Oc1ccc(CN2CCN(c3nccc(C(F)(F)F)n3)CC2)cc1. The summed E-state index contributed by atoms with van der Waals surface area (Å²) in [4.78, 5) is 11.4. The quantitative estimate of drug-likeness (QED) is 0.735. The molecule has 1 aliphatic heterocycles. The average molecular weight is 388 g/mol. The maximum Gasteiger partial charge on any atom is 0.433 e. The summed E-state index contributed by atoms with van der Waals surface area (Å²) in [6, 6.07) is 7.23. The molecule has 0 spiro atoms. The van der Waals surface area contributed by atoms with Gasteiger partial charge in [-0.25, -0.2) is 9.97 Å². The van der Waals surface area contributed by atoms with Crippen LogP contribution in [0.25, 0.3) is 0 Å². The van der Waals surface area contributed by atoms with E-state index in [2.05, 4.69) is 19.6 Å². The van der Waals surface area contributed by atoms with Gasteiger partial charge in [0.25, 0.3) is 0 Å². The van der Waals surface area contributed by atoms with E-state index in [1.165, 1.54) is 12.1 Å². The number of aromatic nitrogens is 2. The number of ether oxygens (including phenoxy) is 1. The second-order valence-electron chi connectivity index (χ2n) is 6.03. The minimum absolute atomic E-state index is 0.0676. The van der Waals surface area contributed by atoms with Gasteiger partial charge in [0.05, 0.1) is 0 Å². The van der Waals surface area contributed by atoms with E-state index in [1.54, 1.807) is 17.0 Å². The van der Waals surface area contributed by atoms with E-state index >= 15 is 0 Å². The largest absolute Gasteiger partial charge is 0.435 e. The molecule has 1 aromatic carbocycles. The first-order valence-corrected chi connectivity index (χ1v) is 8.22. The Kier molecular flexibility index (Phi) is 5.73. The topological polar surface area (TPSA) is 41.5 Å². The molecule has 0 atom stereocenters. The molecule has 1 aromatic heterocycles. The molecule has 27 heavy (non-hydrogen) atoms. The van der Waals surface area contributed by atoms with E-state index in [9.17, 15) is 22.0 Å². The first kappa shape index (κ1) is 19.3. The molecule has 1 saturated heterocycles. The Balaban J connectivity index is 1.55. The highest BCUT2D eigenvalue weighted by atomic mass is 19.4. The van der Waals surface area contributed by atoms with Crippen molar-refractivity contribution in [3.05, 3.63) is 47.8 Å². The third-order valence-electron chi connectivity index (χ3n) is 4.14. The van der Waals surface area contributed by atoms with Crippen LogP contribution >= 0.6 is 0 Å². The van der Waals surface area contributed by atoms with Crippen LogP contribution in [-0.4, -0.2) is 47.7 Å². The van der Waals surface area contributed by atoms with Crippen molar-refractivity contribution in [1.29, 1.82) is 0 Å². The molecule has 2 heterocycles. The van der Waals surface area contributed by atoms with Crippen molar-refractivity contribution in [3.8, 4) is 5.75 Å². The lowest BCUT2D eigenvalue weighted by Gasteiger charge is -2.34. The molecule has 5 nitrogen and oxygen atoms in total. The summed E-state index contributed by atoms with van der Waals surface area (Å²) in [7, 11) is 0. The van der Waals surface area contributed by atoms with E-state index < -0.39 is 18.5 Å². The molecule has 0 amide bonds. The van der Waals surface area contributed by atoms with Crippen molar-refractivity contribution in [1.82, 2.24) is 14.9 Å². The van der Waals surface area contributed by atoms with Crippen LogP contribution in [0.5, 0.6) is 5.75 Å². The summed E-state index contributed by atoms with van der Waals surface area (Å²) >= 11 is 0. The molecule has 3 rings (SSSR count). The van der Waals surface area contributed by atoms with Crippen molar-refractivity contribution < 1.29 is 26.7 Å². The Morgan fingerprint density at radius 3 is 2.26 bits per heavy atom. The molecule has 2 aromatic rings. The fraction of sp³-hybridized carbons (Fsp3) is 0.412. The molecule has 1 fully saturated rings. The Bertz CT molecular complexity index is 746. The summed E-state index contributed by atoms with van der Waals surface area (Å²) in [6.45, 7) is -0.0281. The highest BCUT2D eigenvalue weighted by Crippen LogP contribution is 2.28. The number of benzene rings is 1. The maximum atomic E-state index is 12.8. The zero-order valence-electron chi connectivity index (χ0n) is 14.2. The molecule has 0 saturated carbocycles. The van der Waals surface area contributed by atoms with E-state index in [-0.39, 0.29) is 11.7 Å². The number of hydrogen-bond acceptors (Lipinski definition) is 5. The Morgan fingerprint density at radius 2 is 1.67 bits per heavy atom. The molecule has 0 N–H and O–H groups in total. The standard InChI is InChI=1S/C17H17F5N4O/c18-15(19)27-13-3-1-12(2-4-13)11-25-7-9-26(10-8-25)16-23-6-5-14(24-16)17(20,21)22/h1-6,15H,7-11H2. The highest BCUT2D eigenvalue weighted by Gasteiger charge is 2.33. The molecule has 0 bridgehead atoms. The maximum absolute atomic E-state index is 12.8. The fourth-order valence-corrected chi connectivity index (χ4v) is 2.80. The predicted molar refractivity (Wildman–Crippen MR) is 87.6 cm³/mol. The Labute approximate surface area is 152 Å². The number of hydrogen-bond donors (Lipinski definition) is 0. The number of rotatable bonds is 5. The van der Waals surface area contributed by atoms with E-state index in [0.717, 1.165) is 17.8 Å². The van der Waals surface area contributed by atoms with Crippen LogP contribution in [-0.2, 0) is 12.7 Å². The van der Waals surface area contributed by atoms with Crippen LogP contribution in [0.2, 0.25) is 0 Å². The van der Waals surface area contributed by atoms with E-state index in [1.807, 2.05) is 0 Å². The summed E-state index contributed by atoms with van der Waals surface area (Å²) in [5.41, 5.74) is -0.0265. The lowest BCUT2D eigenvalue weighted by molar-refractivity contribution is -0.141. The lowest BCUT2D eigenvalue weighted by atomic mass is 10.2. The number of alkyl halides is 5. The number of anilines is 1. The molecule has 10 heteroatoms. The number of nitrogens with zero attached hydrogens (tertiary/aromatic N) is 4. The number of piperazine rings is 1. The number of halogens is 5. The van der Waals surface area contributed by atoms with Crippen LogP contribution < -0.4 is 9.64 Å². The fourth-order valence-electron chi connectivity index (χ4n) is 2.80. The first-order chi connectivity index (χ1) is 12.8. The second kappa shape index (κ2) is 8.03. The molecule has 0 radical (unpaired) electrons.